The number of hydrogen-bond donors (Lipinski definition) is 3. The van der Waals surface area contributed by atoms with Gasteiger partial charge in [0.2, 0.25) is 5.96 Å². The lowest BCUT2D eigenvalue weighted by atomic mass is 10.2. The number of guanidine groups is 1. The average Bonchev–Trinajstić information content (AvgIpc) is 2.30. The van der Waals surface area contributed by atoms with Crippen molar-refractivity contribution >= 4 is 17.8 Å². The van der Waals surface area contributed by atoms with Gasteiger partial charge in [-0.05, 0) is 12.1 Å². The lowest BCUT2D eigenvalue weighted by Crippen LogP contribution is -2.44. The fourth-order valence-electron chi connectivity index (χ4n) is 1.11. The summed E-state index contributed by atoms with van der Waals surface area (Å²) in [6.07, 6.45) is 0. The van der Waals surface area contributed by atoms with Gasteiger partial charge in [0, 0.05) is 12.7 Å². The summed E-state index contributed by atoms with van der Waals surface area (Å²) >= 11 is 0. The second-order valence-corrected chi connectivity index (χ2v) is 3.18. The number of nitrogens with one attached hydrogen (secondary N) is 3. The monoisotopic (exact) mass is 235 g/mol. The Morgan fingerprint density at radius 1 is 1.24 bits per heavy atom. The van der Waals surface area contributed by atoms with Crippen molar-refractivity contribution in [1.29, 1.82) is 5.41 Å². The van der Waals surface area contributed by atoms with Crippen LogP contribution in [0.1, 0.15) is 10.4 Å². The van der Waals surface area contributed by atoms with Crippen LogP contribution in [0.25, 0.3) is 0 Å². The van der Waals surface area contributed by atoms with E-state index in [0.29, 0.717) is 5.56 Å². The molecular weight excluding hydrogens is 222 g/mol. The second-order valence-electron chi connectivity index (χ2n) is 3.18. The van der Waals surface area contributed by atoms with Gasteiger partial charge in [-0.15, -0.1) is 0 Å². The van der Waals surface area contributed by atoms with Gasteiger partial charge in [0.1, 0.15) is 6.61 Å². The molecule has 2 amide bonds. The Morgan fingerprint density at radius 3 is 2.47 bits per heavy atom. The molecule has 0 saturated carbocycles. The fourth-order valence-corrected chi connectivity index (χ4v) is 1.11. The molecule has 0 unspecified atom stereocenters. The summed E-state index contributed by atoms with van der Waals surface area (Å²) in [5.74, 6) is -1.32. The van der Waals surface area contributed by atoms with Crippen LogP contribution in [0, 0.1) is 5.41 Å². The maximum atomic E-state index is 11.6. The van der Waals surface area contributed by atoms with Crippen molar-refractivity contribution in [3.63, 3.8) is 0 Å². The molecule has 6 heteroatoms. The maximum Gasteiger partial charge on any atom is 0.257 e. The first-order valence-electron chi connectivity index (χ1n) is 4.87. The van der Waals surface area contributed by atoms with Crippen LogP contribution in [0.3, 0.4) is 0 Å². The molecule has 1 aromatic carbocycles. The van der Waals surface area contributed by atoms with E-state index in [1.807, 2.05) is 0 Å². The highest BCUT2D eigenvalue weighted by atomic mass is 16.5. The minimum Gasteiger partial charge on any atom is -0.375 e. The van der Waals surface area contributed by atoms with Crippen LogP contribution in [0.5, 0.6) is 0 Å². The van der Waals surface area contributed by atoms with E-state index in [1.165, 1.54) is 7.11 Å². The minimum atomic E-state index is -0.495. The Balaban J connectivity index is 2.47. The first kappa shape index (κ1) is 12.9. The second kappa shape index (κ2) is 6.39. The number of ether oxygens (including phenoxy) is 1. The van der Waals surface area contributed by atoms with Crippen molar-refractivity contribution in [2.45, 2.75) is 0 Å². The van der Waals surface area contributed by atoms with Gasteiger partial charge in [0.25, 0.3) is 11.8 Å². The third-order valence-electron chi connectivity index (χ3n) is 1.81. The number of carbonyl (C=O) groups is 2. The molecule has 0 spiro atoms. The standard InChI is InChI=1S/C11H13N3O3/c1-17-7-9(15)13-11(12)14-10(16)8-5-3-2-4-6-8/h2-6H,7H2,1H3,(H3,12,13,14,15,16). The van der Waals surface area contributed by atoms with E-state index in [0.717, 1.165) is 0 Å². The van der Waals surface area contributed by atoms with E-state index in [1.54, 1.807) is 30.3 Å². The maximum absolute atomic E-state index is 11.6. The number of hydrogen-bond acceptors (Lipinski definition) is 4. The number of methoxy groups -OCH3 is 1. The summed E-state index contributed by atoms with van der Waals surface area (Å²) in [4.78, 5) is 22.6. The summed E-state index contributed by atoms with van der Waals surface area (Å²) < 4.78 is 4.57. The normalized spacial score (nSPS) is 9.47. The smallest absolute Gasteiger partial charge is 0.257 e. The van der Waals surface area contributed by atoms with E-state index in [-0.39, 0.29) is 12.6 Å². The lowest BCUT2D eigenvalue weighted by molar-refractivity contribution is -0.123. The van der Waals surface area contributed by atoms with Gasteiger partial charge in [0.05, 0.1) is 0 Å². The van der Waals surface area contributed by atoms with Crippen LogP contribution in [-0.2, 0) is 9.53 Å². The molecule has 1 aromatic rings. The summed E-state index contributed by atoms with van der Waals surface area (Å²) in [5.41, 5.74) is 0.415. The first-order chi connectivity index (χ1) is 8.13. The Hall–Kier alpha value is -2.21. The van der Waals surface area contributed by atoms with Gasteiger partial charge in [-0.1, -0.05) is 18.2 Å². The summed E-state index contributed by atoms with van der Waals surface area (Å²) in [6, 6.07) is 8.42. The van der Waals surface area contributed by atoms with Crippen molar-refractivity contribution in [3.8, 4) is 0 Å². The molecule has 0 aliphatic rings. The van der Waals surface area contributed by atoms with Crippen molar-refractivity contribution in [2.75, 3.05) is 13.7 Å². The Bertz CT molecular complexity index is 417. The summed E-state index contributed by atoms with van der Waals surface area (Å²) in [5, 5.41) is 11.8. The van der Waals surface area contributed by atoms with Crippen LogP contribution >= 0.6 is 0 Å². The molecule has 6 nitrogen and oxygen atoms in total. The van der Waals surface area contributed by atoms with E-state index in [4.69, 9.17) is 5.41 Å². The molecule has 0 saturated heterocycles. The zero-order valence-electron chi connectivity index (χ0n) is 9.32. The van der Waals surface area contributed by atoms with Crippen molar-refractivity contribution in [3.05, 3.63) is 35.9 Å². The Labute approximate surface area is 98.5 Å². The van der Waals surface area contributed by atoms with Gasteiger partial charge < -0.3 is 4.74 Å². The van der Waals surface area contributed by atoms with E-state index < -0.39 is 11.8 Å². The summed E-state index contributed by atoms with van der Waals surface area (Å²) in [7, 11) is 1.37. The molecule has 90 valence electrons. The molecule has 0 fully saturated rings. The van der Waals surface area contributed by atoms with Gasteiger partial charge in [-0.2, -0.15) is 0 Å². The van der Waals surface area contributed by atoms with Crippen molar-refractivity contribution in [1.82, 2.24) is 10.6 Å². The molecular formula is C11H13N3O3. The molecule has 0 heterocycles. The van der Waals surface area contributed by atoms with Gasteiger partial charge in [-0.3, -0.25) is 25.6 Å². The molecule has 0 bridgehead atoms. The molecule has 1 rings (SSSR count). The van der Waals surface area contributed by atoms with Crippen LogP contribution in [0.2, 0.25) is 0 Å². The highest BCUT2D eigenvalue weighted by Crippen LogP contribution is 1.97. The molecule has 0 radical (unpaired) electrons. The molecule has 0 aliphatic heterocycles. The quantitative estimate of drug-likeness (QED) is 0.513. The zero-order chi connectivity index (χ0) is 12.7. The van der Waals surface area contributed by atoms with Crippen LogP contribution in [0.4, 0.5) is 0 Å². The SMILES string of the molecule is COCC(=O)NC(=N)NC(=O)c1ccccc1. The van der Waals surface area contributed by atoms with Crippen LogP contribution in [-0.4, -0.2) is 31.5 Å². The molecule has 0 atom stereocenters. The Morgan fingerprint density at radius 2 is 1.88 bits per heavy atom. The number of amides is 2. The van der Waals surface area contributed by atoms with E-state index in [9.17, 15) is 9.59 Å². The molecule has 0 aromatic heterocycles. The minimum absolute atomic E-state index is 0.163. The molecule has 17 heavy (non-hydrogen) atoms. The zero-order valence-corrected chi connectivity index (χ0v) is 9.32. The first-order valence-corrected chi connectivity index (χ1v) is 4.87. The topological polar surface area (TPSA) is 91.3 Å². The third-order valence-corrected chi connectivity index (χ3v) is 1.81. The van der Waals surface area contributed by atoms with Gasteiger partial charge >= 0.3 is 0 Å². The predicted molar refractivity (Wildman–Crippen MR) is 61.7 cm³/mol. The predicted octanol–water partition coefficient (Wildman–Crippen LogP) is 0.114. The molecule has 3 N–H and O–H groups in total. The van der Waals surface area contributed by atoms with Gasteiger partial charge in [-0.25, -0.2) is 0 Å². The van der Waals surface area contributed by atoms with E-state index >= 15 is 0 Å². The van der Waals surface area contributed by atoms with Crippen LogP contribution in [0.15, 0.2) is 30.3 Å². The van der Waals surface area contributed by atoms with Gasteiger partial charge in [0.15, 0.2) is 0 Å². The van der Waals surface area contributed by atoms with Crippen LogP contribution < -0.4 is 10.6 Å². The number of carbonyl (C=O) groups excluding carboxylic acids is 2. The Kier molecular flexibility index (Phi) is 4.83. The van der Waals surface area contributed by atoms with Crippen molar-refractivity contribution in [2.24, 2.45) is 0 Å². The third kappa shape index (κ3) is 4.43. The largest absolute Gasteiger partial charge is 0.375 e. The molecule has 0 aliphatic carbocycles. The average molecular weight is 235 g/mol. The highest BCUT2D eigenvalue weighted by molar-refractivity contribution is 6.08. The van der Waals surface area contributed by atoms with E-state index in [2.05, 4.69) is 15.4 Å². The summed E-state index contributed by atoms with van der Waals surface area (Å²) in [6.45, 7) is -0.163. The fraction of sp³-hybridized carbons (Fsp3) is 0.182. The van der Waals surface area contributed by atoms with Crippen molar-refractivity contribution < 1.29 is 14.3 Å². The highest BCUT2D eigenvalue weighted by Gasteiger charge is 2.09. The lowest BCUT2D eigenvalue weighted by Gasteiger charge is -2.07. The number of rotatable bonds is 3. The number of benzene rings is 1.